The number of carboxylic acids is 1. The number of hydrogen-bond donors (Lipinski definition) is 2. The lowest BCUT2D eigenvalue weighted by Crippen LogP contribution is -2.42. The van der Waals surface area contributed by atoms with Gasteiger partial charge in [-0.05, 0) is 43.0 Å². The fourth-order valence-corrected chi connectivity index (χ4v) is 2.32. The predicted octanol–water partition coefficient (Wildman–Crippen LogP) is 2.59. The van der Waals surface area contributed by atoms with Crippen molar-refractivity contribution < 1.29 is 23.5 Å². The minimum Gasteiger partial charge on any atom is -0.480 e. The Morgan fingerprint density at radius 3 is 2.30 bits per heavy atom. The summed E-state index contributed by atoms with van der Waals surface area (Å²) in [7, 11) is 0. The first-order chi connectivity index (χ1) is 9.47. The van der Waals surface area contributed by atoms with Gasteiger partial charge in [-0.2, -0.15) is 8.78 Å². The van der Waals surface area contributed by atoms with Gasteiger partial charge in [-0.3, -0.25) is 4.79 Å². The van der Waals surface area contributed by atoms with Gasteiger partial charge in [-0.25, -0.2) is 4.79 Å². The van der Waals surface area contributed by atoms with Gasteiger partial charge in [0.15, 0.2) is 0 Å². The number of carboxylic acid groups (broad SMARTS) is 1. The zero-order chi connectivity index (χ0) is 14.7. The van der Waals surface area contributed by atoms with E-state index < -0.39 is 23.7 Å². The maximum Gasteiger partial charge on any atom is 0.326 e. The fraction of sp³-hybridized carbons (Fsp3) is 0.385. The molecule has 0 aliphatic heterocycles. The number of alkyl halides is 2. The Labute approximate surface area is 118 Å². The van der Waals surface area contributed by atoms with Crippen molar-refractivity contribution in [3.8, 4) is 0 Å². The highest BCUT2D eigenvalue weighted by atomic mass is 32.2. The number of aliphatic carboxylic acids is 1. The van der Waals surface area contributed by atoms with E-state index in [0.29, 0.717) is 16.7 Å². The van der Waals surface area contributed by atoms with Crippen LogP contribution in [0.2, 0.25) is 0 Å². The topological polar surface area (TPSA) is 66.4 Å². The van der Waals surface area contributed by atoms with Crippen molar-refractivity contribution in [2.45, 2.75) is 29.5 Å². The molecule has 0 radical (unpaired) electrons. The minimum atomic E-state index is -2.51. The maximum absolute atomic E-state index is 12.2. The smallest absolute Gasteiger partial charge is 0.326 e. The lowest BCUT2D eigenvalue weighted by molar-refractivity contribution is -0.139. The maximum atomic E-state index is 12.2. The van der Waals surface area contributed by atoms with Crippen LogP contribution in [0.3, 0.4) is 0 Å². The van der Waals surface area contributed by atoms with Crippen molar-refractivity contribution in [2.24, 2.45) is 5.92 Å². The molecule has 0 spiro atoms. The number of carbonyl (C=O) groups excluding carboxylic acids is 1. The Balaban J connectivity index is 1.99. The predicted molar refractivity (Wildman–Crippen MR) is 69.9 cm³/mol. The van der Waals surface area contributed by atoms with Crippen molar-refractivity contribution in [1.82, 2.24) is 5.32 Å². The van der Waals surface area contributed by atoms with E-state index in [0.717, 1.165) is 12.8 Å². The quantitative estimate of drug-likeness (QED) is 0.793. The van der Waals surface area contributed by atoms with Gasteiger partial charge in [-0.15, -0.1) is 0 Å². The van der Waals surface area contributed by atoms with Gasteiger partial charge in [0.2, 0.25) is 0 Å². The molecule has 108 valence electrons. The van der Waals surface area contributed by atoms with Crippen molar-refractivity contribution in [1.29, 1.82) is 0 Å². The Kier molecular flexibility index (Phi) is 4.59. The first kappa shape index (κ1) is 14.8. The number of carbonyl (C=O) groups is 2. The van der Waals surface area contributed by atoms with Crippen LogP contribution in [-0.2, 0) is 4.79 Å². The highest BCUT2D eigenvalue weighted by Crippen LogP contribution is 2.33. The fourth-order valence-electron chi connectivity index (χ4n) is 1.82. The molecule has 0 bridgehead atoms. The second kappa shape index (κ2) is 6.21. The van der Waals surface area contributed by atoms with Crippen LogP contribution in [-0.4, -0.2) is 28.8 Å². The zero-order valence-electron chi connectivity index (χ0n) is 10.4. The third kappa shape index (κ3) is 3.93. The van der Waals surface area contributed by atoms with E-state index in [2.05, 4.69) is 5.32 Å². The van der Waals surface area contributed by atoms with Crippen molar-refractivity contribution in [3.05, 3.63) is 29.8 Å². The second-order valence-corrected chi connectivity index (χ2v) is 5.59. The summed E-state index contributed by atoms with van der Waals surface area (Å²) in [5, 5.41) is 11.5. The largest absolute Gasteiger partial charge is 0.480 e. The molecule has 4 nitrogen and oxygen atoms in total. The van der Waals surface area contributed by atoms with Crippen LogP contribution in [0.1, 0.15) is 23.2 Å². The molecule has 2 N–H and O–H groups in total. The molecule has 0 heterocycles. The standard InChI is InChI=1S/C13H13F2NO3S/c14-13(15)20-9-5-3-8(4-6-9)11(17)16-10(12(18)19)7-1-2-7/h3-7,10,13H,1-2H2,(H,16,17)(H,18,19). The Bertz CT molecular complexity index is 503. The van der Waals surface area contributed by atoms with Gasteiger partial charge < -0.3 is 10.4 Å². The molecule has 2 rings (SSSR count). The van der Waals surface area contributed by atoms with E-state index in [1.54, 1.807) is 0 Å². The Hall–Kier alpha value is -1.63. The third-order valence-electron chi connectivity index (χ3n) is 2.99. The van der Waals surface area contributed by atoms with Gasteiger partial charge in [0.05, 0.1) is 0 Å². The summed E-state index contributed by atoms with van der Waals surface area (Å²) < 4.78 is 24.3. The number of rotatable bonds is 6. The number of nitrogens with one attached hydrogen (secondary N) is 1. The van der Waals surface area contributed by atoms with Gasteiger partial charge >= 0.3 is 5.97 Å². The van der Waals surface area contributed by atoms with Crippen LogP contribution in [0.4, 0.5) is 8.78 Å². The summed E-state index contributed by atoms with van der Waals surface area (Å²) in [4.78, 5) is 23.3. The normalized spacial score (nSPS) is 15.9. The number of thioether (sulfide) groups is 1. The molecule has 1 aliphatic carbocycles. The van der Waals surface area contributed by atoms with E-state index in [1.165, 1.54) is 24.3 Å². The van der Waals surface area contributed by atoms with Gasteiger partial charge in [-0.1, -0.05) is 11.8 Å². The molecule has 0 saturated heterocycles. The van der Waals surface area contributed by atoms with E-state index in [-0.39, 0.29) is 11.5 Å². The first-order valence-corrected chi connectivity index (χ1v) is 6.94. The molecule has 1 unspecified atom stereocenters. The van der Waals surface area contributed by atoms with Crippen molar-refractivity contribution in [2.75, 3.05) is 0 Å². The van der Waals surface area contributed by atoms with Gasteiger partial charge in [0.1, 0.15) is 6.04 Å². The summed E-state index contributed by atoms with van der Waals surface area (Å²) in [6.07, 6.45) is 1.59. The monoisotopic (exact) mass is 301 g/mol. The molecule has 1 atom stereocenters. The van der Waals surface area contributed by atoms with Gasteiger partial charge in [0.25, 0.3) is 11.7 Å². The number of benzene rings is 1. The molecule has 1 aromatic carbocycles. The second-order valence-electron chi connectivity index (χ2n) is 4.53. The SMILES string of the molecule is O=C(NC(C(=O)O)C1CC1)c1ccc(SC(F)F)cc1. The van der Waals surface area contributed by atoms with E-state index in [9.17, 15) is 18.4 Å². The number of hydrogen-bond acceptors (Lipinski definition) is 3. The first-order valence-electron chi connectivity index (χ1n) is 6.06. The molecule has 20 heavy (non-hydrogen) atoms. The van der Waals surface area contributed by atoms with Crippen molar-refractivity contribution >= 4 is 23.6 Å². The summed E-state index contributed by atoms with van der Waals surface area (Å²) >= 11 is 0.393. The Morgan fingerprint density at radius 2 is 1.85 bits per heavy atom. The minimum absolute atomic E-state index is 0.00916. The molecular formula is C13H13F2NO3S. The summed E-state index contributed by atoms with van der Waals surface area (Å²) in [5.74, 6) is -4.07. The van der Waals surface area contributed by atoms with E-state index in [4.69, 9.17) is 5.11 Å². The molecular weight excluding hydrogens is 288 g/mol. The molecule has 1 amide bonds. The van der Waals surface area contributed by atoms with Gasteiger partial charge in [0, 0.05) is 10.5 Å². The lowest BCUT2D eigenvalue weighted by atomic mass is 10.1. The summed E-state index contributed by atoms with van der Waals surface area (Å²) in [6, 6.07) is 4.77. The average molecular weight is 301 g/mol. The molecule has 1 aliphatic rings. The lowest BCUT2D eigenvalue weighted by Gasteiger charge is -2.13. The third-order valence-corrected chi connectivity index (χ3v) is 3.71. The van der Waals surface area contributed by atoms with Crippen LogP contribution in [0.25, 0.3) is 0 Å². The molecule has 1 fully saturated rings. The molecule has 0 aromatic heterocycles. The van der Waals surface area contributed by atoms with Crippen LogP contribution in [0.15, 0.2) is 29.2 Å². The van der Waals surface area contributed by atoms with Crippen LogP contribution < -0.4 is 5.32 Å². The average Bonchev–Trinajstić information content (AvgIpc) is 3.19. The number of halogens is 2. The zero-order valence-corrected chi connectivity index (χ0v) is 11.2. The van der Waals surface area contributed by atoms with Crippen LogP contribution in [0, 0.1) is 5.92 Å². The van der Waals surface area contributed by atoms with E-state index in [1.807, 2.05) is 0 Å². The molecule has 7 heteroatoms. The highest BCUT2D eigenvalue weighted by molar-refractivity contribution is 7.99. The summed E-state index contributed by atoms with van der Waals surface area (Å²) in [5.41, 5.74) is 0.260. The highest BCUT2D eigenvalue weighted by Gasteiger charge is 2.37. The van der Waals surface area contributed by atoms with Crippen LogP contribution >= 0.6 is 11.8 Å². The molecule has 1 aromatic rings. The van der Waals surface area contributed by atoms with Crippen LogP contribution in [0.5, 0.6) is 0 Å². The van der Waals surface area contributed by atoms with E-state index >= 15 is 0 Å². The Morgan fingerprint density at radius 1 is 1.25 bits per heavy atom. The summed E-state index contributed by atoms with van der Waals surface area (Å²) in [6.45, 7) is 0. The number of amides is 1. The van der Waals surface area contributed by atoms with Crippen molar-refractivity contribution in [3.63, 3.8) is 0 Å². The molecule has 1 saturated carbocycles.